The molecule has 0 aromatic carbocycles. The summed E-state index contributed by atoms with van der Waals surface area (Å²) in [6.07, 6.45) is 2.60. The van der Waals surface area contributed by atoms with E-state index >= 15 is 0 Å². The molecule has 0 radical (unpaired) electrons. The summed E-state index contributed by atoms with van der Waals surface area (Å²) in [5, 5.41) is 8.06. The number of likely N-dealkylation sites (tertiary alicyclic amines) is 1. The highest BCUT2D eigenvalue weighted by Crippen LogP contribution is 2.20. The predicted molar refractivity (Wildman–Crippen MR) is 69.0 cm³/mol. The summed E-state index contributed by atoms with van der Waals surface area (Å²) in [7, 11) is 0. The summed E-state index contributed by atoms with van der Waals surface area (Å²) in [6.45, 7) is 4.80. The molecule has 2 unspecified atom stereocenters. The predicted octanol–water partition coefficient (Wildman–Crippen LogP) is 1.50. The van der Waals surface area contributed by atoms with Crippen LogP contribution in [-0.4, -0.2) is 34.2 Å². The first-order valence-electron chi connectivity index (χ1n) is 6.56. The lowest BCUT2D eigenvalue weighted by Gasteiger charge is -2.34. The third-order valence-electron chi connectivity index (χ3n) is 3.61. The van der Waals surface area contributed by atoms with E-state index in [0.29, 0.717) is 36.0 Å². The van der Waals surface area contributed by atoms with Crippen molar-refractivity contribution in [3.05, 3.63) is 24.3 Å². The van der Waals surface area contributed by atoms with E-state index in [0.717, 1.165) is 19.5 Å². The van der Waals surface area contributed by atoms with Crippen LogP contribution in [0.4, 0.5) is 0 Å². The van der Waals surface area contributed by atoms with E-state index in [1.165, 1.54) is 0 Å². The number of furan rings is 1. The van der Waals surface area contributed by atoms with Crippen LogP contribution in [-0.2, 0) is 6.54 Å². The molecular weight excluding hydrogens is 244 g/mol. The minimum atomic E-state index is 0.303. The van der Waals surface area contributed by atoms with Gasteiger partial charge in [0.15, 0.2) is 5.76 Å². The molecule has 1 aliphatic rings. The average Bonchev–Trinajstić information content (AvgIpc) is 3.04. The number of piperidine rings is 1. The van der Waals surface area contributed by atoms with Crippen molar-refractivity contribution in [2.24, 2.45) is 11.7 Å². The summed E-state index contributed by atoms with van der Waals surface area (Å²) < 4.78 is 10.8. The quantitative estimate of drug-likeness (QED) is 0.902. The van der Waals surface area contributed by atoms with Crippen molar-refractivity contribution >= 4 is 0 Å². The van der Waals surface area contributed by atoms with Crippen LogP contribution in [0.2, 0.25) is 0 Å². The van der Waals surface area contributed by atoms with Gasteiger partial charge < -0.3 is 14.6 Å². The lowest BCUT2D eigenvalue weighted by Crippen LogP contribution is -2.45. The molecule has 2 aromatic rings. The molecule has 19 heavy (non-hydrogen) atoms. The molecule has 1 saturated heterocycles. The van der Waals surface area contributed by atoms with Crippen LogP contribution in [0.1, 0.15) is 19.2 Å². The van der Waals surface area contributed by atoms with Crippen molar-refractivity contribution in [3.63, 3.8) is 0 Å². The van der Waals surface area contributed by atoms with Crippen LogP contribution in [0, 0.1) is 5.92 Å². The van der Waals surface area contributed by atoms with Gasteiger partial charge in [0.25, 0.3) is 5.89 Å². The van der Waals surface area contributed by atoms with Gasteiger partial charge in [-0.1, -0.05) is 6.92 Å². The third-order valence-corrected chi connectivity index (χ3v) is 3.61. The van der Waals surface area contributed by atoms with Gasteiger partial charge in [-0.25, -0.2) is 0 Å². The Kier molecular flexibility index (Phi) is 3.35. The third kappa shape index (κ3) is 2.69. The molecule has 1 fully saturated rings. The summed E-state index contributed by atoms with van der Waals surface area (Å²) >= 11 is 0. The summed E-state index contributed by atoms with van der Waals surface area (Å²) in [5.41, 5.74) is 6.01. The van der Waals surface area contributed by atoms with Gasteiger partial charge in [-0.05, 0) is 24.5 Å². The SMILES string of the molecule is CC1CN(Cc2nnc(-c3ccco3)o2)CCC1N. The maximum Gasteiger partial charge on any atom is 0.283 e. The fourth-order valence-electron chi connectivity index (χ4n) is 2.40. The molecule has 0 saturated carbocycles. The molecule has 0 bridgehead atoms. The Morgan fingerprint density at radius 2 is 2.37 bits per heavy atom. The van der Waals surface area contributed by atoms with Gasteiger partial charge in [-0.2, -0.15) is 0 Å². The molecule has 2 aromatic heterocycles. The standard InChI is InChI=1S/C13H18N4O2/c1-9-7-17(5-4-10(9)14)8-12-15-16-13(19-12)11-3-2-6-18-11/h2-3,6,9-10H,4-5,7-8,14H2,1H3. The Hall–Kier alpha value is -1.66. The molecule has 3 heterocycles. The summed E-state index contributed by atoms with van der Waals surface area (Å²) in [6, 6.07) is 3.91. The Balaban J connectivity index is 1.64. The summed E-state index contributed by atoms with van der Waals surface area (Å²) in [5.74, 6) is 2.16. The van der Waals surface area contributed by atoms with Crippen LogP contribution in [0.3, 0.4) is 0 Å². The number of rotatable bonds is 3. The topological polar surface area (TPSA) is 81.3 Å². The average molecular weight is 262 g/mol. The van der Waals surface area contributed by atoms with Gasteiger partial charge in [0.1, 0.15) is 0 Å². The Labute approximate surface area is 111 Å². The zero-order valence-corrected chi connectivity index (χ0v) is 11.0. The maximum atomic E-state index is 6.01. The molecule has 2 atom stereocenters. The van der Waals surface area contributed by atoms with Gasteiger partial charge in [-0.15, -0.1) is 10.2 Å². The van der Waals surface area contributed by atoms with E-state index in [9.17, 15) is 0 Å². The molecule has 0 aliphatic carbocycles. The van der Waals surface area contributed by atoms with E-state index in [1.54, 1.807) is 18.4 Å². The molecule has 1 aliphatic heterocycles. The number of nitrogens with two attached hydrogens (primary N) is 1. The first-order valence-corrected chi connectivity index (χ1v) is 6.56. The van der Waals surface area contributed by atoms with Gasteiger partial charge in [0.05, 0.1) is 12.8 Å². The molecule has 3 rings (SSSR count). The smallest absolute Gasteiger partial charge is 0.283 e. The second-order valence-corrected chi connectivity index (χ2v) is 5.14. The number of nitrogens with zero attached hydrogens (tertiary/aromatic N) is 3. The Morgan fingerprint density at radius 3 is 3.11 bits per heavy atom. The highest BCUT2D eigenvalue weighted by molar-refractivity contribution is 5.42. The fraction of sp³-hybridized carbons (Fsp3) is 0.538. The van der Waals surface area contributed by atoms with Crippen molar-refractivity contribution in [3.8, 4) is 11.7 Å². The molecule has 0 amide bonds. The lowest BCUT2D eigenvalue weighted by atomic mass is 9.95. The monoisotopic (exact) mass is 262 g/mol. The van der Waals surface area contributed by atoms with Crippen LogP contribution >= 0.6 is 0 Å². The van der Waals surface area contributed by atoms with E-state index in [-0.39, 0.29) is 0 Å². The van der Waals surface area contributed by atoms with Crippen LogP contribution in [0.5, 0.6) is 0 Å². The highest BCUT2D eigenvalue weighted by atomic mass is 16.4. The van der Waals surface area contributed by atoms with Crippen molar-refractivity contribution < 1.29 is 8.83 Å². The van der Waals surface area contributed by atoms with Crippen molar-refractivity contribution in [2.45, 2.75) is 25.9 Å². The minimum Gasteiger partial charge on any atom is -0.459 e. The maximum absolute atomic E-state index is 6.01. The first-order chi connectivity index (χ1) is 9.22. The van der Waals surface area contributed by atoms with Crippen molar-refractivity contribution in [1.82, 2.24) is 15.1 Å². The Bertz CT molecular complexity index is 522. The Morgan fingerprint density at radius 1 is 1.47 bits per heavy atom. The highest BCUT2D eigenvalue weighted by Gasteiger charge is 2.24. The van der Waals surface area contributed by atoms with Crippen molar-refractivity contribution in [2.75, 3.05) is 13.1 Å². The second kappa shape index (κ2) is 5.14. The molecule has 102 valence electrons. The number of aromatic nitrogens is 2. The van der Waals surface area contributed by atoms with E-state index in [1.807, 2.05) is 0 Å². The molecule has 6 nitrogen and oxygen atoms in total. The van der Waals surface area contributed by atoms with Crippen molar-refractivity contribution in [1.29, 1.82) is 0 Å². The minimum absolute atomic E-state index is 0.303. The van der Waals surface area contributed by atoms with Gasteiger partial charge in [0, 0.05) is 19.1 Å². The van der Waals surface area contributed by atoms with Crippen LogP contribution in [0.25, 0.3) is 11.7 Å². The normalized spacial score (nSPS) is 24.7. The zero-order chi connectivity index (χ0) is 13.2. The molecule has 0 spiro atoms. The first kappa shape index (κ1) is 12.4. The molecular formula is C13H18N4O2. The largest absolute Gasteiger partial charge is 0.459 e. The second-order valence-electron chi connectivity index (χ2n) is 5.14. The zero-order valence-electron chi connectivity index (χ0n) is 11.0. The van der Waals surface area contributed by atoms with E-state index in [2.05, 4.69) is 22.0 Å². The number of hydrogen-bond acceptors (Lipinski definition) is 6. The molecule has 2 N–H and O–H groups in total. The van der Waals surface area contributed by atoms with Gasteiger partial charge >= 0.3 is 0 Å². The van der Waals surface area contributed by atoms with E-state index < -0.39 is 0 Å². The van der Waals surface area contributed by atoms with Gasteiger partial charge in [0.2, 0.25) is 5.89 Å². The number of hydrogen-bond donors (Lipinski definition) is 1. The van der Waals surface area contributed by atoms with Crippen LogP contribution in [0.15, 0.2) is 27.2 Å². The summed E-state index contributed by atoms with van der Waals surface area (Å²) in [4.78, 5) is 2.30. The van der Waals surface area contributed by atoms with Crippen LogP contribution < -0.4 is 5.73 Å². The lowest BCUT2D eigenvalue weighted by molar-refractivity contribution is 0.146. The van der Waals surface area contributed by atoms with E-state index in [4.69, 9.17) is 14.6 Å². The fourth-order valence-corrected chi connectivity index (χ4v) is 2.40. The van der Waals surface area contributed by atoms with Gasteiger partial charge in [-0.3, -0.25) is 4.90 Å². The molecule has 6 heteroatoms.